The average Bonchev–Trinajstić information content (AvgIpc) is 2.27. The van der Waals surface area contributed by atoms with Gasteiger partial charge in [0.05, 0.1) is 6.54 Å². The minimum Gasteiger partial charge on any atom is -0.348 e. The Morgan fingerprint density at radius 1 is 1.50 bits per heavy atom. The number of ether oxygens (including phenoxy) is 1. The normalized spacial score (nSPS) is 30.9. The first-order valence-electron chi connectivity index (χ1n) is 3.64. The summed E-state index contributed by atoms with van der Waals surface area (Å²) in [6.45, 7) is 0.402. The van der Waals surface area contributed by atoms with Crippen LogP contribution >= 0.6 is 0 Å². The predicted octanol–water partition coefficient (Wildman–Crippen LogP) is -0.201. The molecule has 1 aliphatic rings. The van der Waals surface area contributed by atoms with Crippen molar-refractivity contribution in [3.63, 3.8) is 0 Å². The van der Waals surface area contributed by atoms with Crippen molar-refractivity contribution in [2.24, 2.45) is 5.14 Å². The molecule has 14 heavy (non-hydrogen) atoms. The molecule has 1 unspecified atom stereocenters. The van der Waals surface area contributed by atoms with Gasteiger partial charge in [-0.2, -0.15) is 25.9 Å². The van der Waals surface area contributed by atoms with Crippen LogP contribution in [0.4, 0.5) is 13.2 Å². The van der Waals surface area contributed by atoms with Crippen molar-refractivity contribution in [2.45, 2.75) is 25.4 Å². The first-order valence-corrected chi connectivity index (χ1v) is 5.14. The summed E-state index contributed by atoms with van der Waals surface area (Å²) in [7, 11) is -4.14. The van der Waals surface area contributed by atoms with Crippen molar-refractivity contribution in [3.8, 4) is 0 Å². The molecule has 1 saturated heterocycles. The molecule has 1 aliphatic heterocycles. The van der Waals surface area contributed by atoms with E-state index in [1.165, 1.54) is 6.92 Å². The van der Waals surface area contributed by atoms with Crippen LogP contribution in [0.2, 0.25) is 0 Å². The summed E-state index contributed by atoms with van der Waals surface area (Å²) >= 11 is 0. The van der Waals surface area contributed by atoms with E-state index < -0.39 is 35.3 Å². The highest BCUT2D eigenvalue weighted by Crippen LogP contribution is 2.30. The molecule has 0 aromatic rings. The molecule has 0 spiro atoms. The zero-order chi connectivity index (χ0) is 11.1. The predicted molar refractivity (Wildman–Crippen MR) is 40.2 cm³/mol. The SMILES string of the molecule is CC1O[C@H](C(F)(F)F)CN1S(N)(=O)=O. The van der Waals surface area contributed by atoms with Crippen LogP contribution in [0.15, 0.2) is 0 Å². The molecule has 2 atom stereocenters. The summed E-state index contributed by atoms with van der Waals surface area (Å²) in [5.74, 6) is 0. The van der Waals surface area contributed by atoms with Crippen molar-refractivity contribution < 1.29 is 26.3 Å². The zero-order valence-corrected chi connectivity index (χ0v) is 7.97. The molecular formula is C5H9F3N2O3S. The summed E-state index contributed by atoms with van der Waals surface area (Å²) in [6, 6.07) is 0. The van der Waals surface area contributed by atoms with E-state index in [9.17, 15) is 21.6 Å². The molecule has 0 bridgehead atoms. The lowest BCUT2D eigenvalue weighted by Crippen LogP contribution is -2.40. The summed E-state index contributed by atoms with van der Waals surface area (Å²) in [4.78, 5) is 0. The Hall–Kier alpha value is -0.380. The van der Waals surface area contributed by atoms with Gasteiger partial charge >= 0.3 is 6.18 Å². The van der Waals surface area contributed by atoms with E-state index in [4.69, 9.17) is 0 Å². The van der Waals surface area contributed by atoms with Crippen LogP contribution < -0.4 is 5.14 Å². The molecule has 5 nitrogen and oxygen atoms in total. The number of hydrogen-bond donors (Lipinski definition) is 1. The molecule has 1 fully saturated rings. The Morgan fingerprint density at radius 2 is 2.00 bits per heavy atom. The van der Waals surface area contributed by atoms with Gasteiger partial charge in [-0.1, -0.05) is 0 Å². The van der Waals surface area contributed by atoms with Gasteiger partial charge in [-0.15, -0.1) is 0 Å². The van der Waals surface area contributed by atoms with Gasteiger partial charge in [0.15, 0.2) is 6.10 Å². The molecule has 0 amide bonds. The van der Waals surface area contributed by atoms with E-state index in [2.05, 4.69) is 9.88 Å². The number of halogens is 3. The lowest BCUT2D eigenvalue weighted by atomic mass is 10.4. The third kappa shape index (κ3) is 2.35. The van der Waals surface area contributed by atoms with E-state index in [-0.39, 0.29) is 0 Å². The molecule has 0 aromatic carbocycles. The van der Waals surface area contributed by atoms with Crippen LogP contribution in [-0.4, -0.2) is 37.8 Å². The summed E-state index contributed by atoms with van der Waals surface area (Å²) in [5, 5.41) is 4.69. The fourth-order valence-electron chi connectivity index (χ4n) is 1.15. The van der Waals surface area contributed by atoms with E-state index in [0.29, 0.717) is 4.31 Å². The Balaban J connectivity index is 2.80. The molecular weight excluding hydrogens is 225 g/mol. The van der Waals surface area contributed by atoms with E-state index in [0.717, 1.165) is 0 Å². The number of nitrogens with two attached hydrogens (primary N) is 1. The number of alkyl halides is 3. The maximum absolute atomic E-state index is 12.1. The second kappa shape index (κ2) is 3.33. The van der Waals surface area contributed by atoms with Crippen LogP contribution in [-0.2, 0) is 14.9 Å². The summed E-state index contributed by atoms with van der Waals surface area (Å²) < 4.78 is 62.7. The first kappa shape index (κ1) is 11.7. The highest BCUT2D eigenvalue weighted by Gasteiger charge is 2.50. The number of rotatable bonds is 1. The van der Waals surface area contributed by atoms with Crippen molar-refractivity contribution >= 4 is 10.2 Å². The average molecular weight is 234 g/mol. The third-order valence-corrected chi connectivity index (χ3v) is 2.90. The van der Waals surface area contributed by atoms with Crippen LogP contribution in [0.1, 0.15) is 6.92 Å². The van der Waals surface area contributed by atoms with E-state index in [1.54, 1.807) is 0 Å². The molecule has 1 rings (SSSR count). The Morgan fingerprint density at radius 3 is 2.21 bits per heavy atom. The zero-order valence-electron chi connectivity index (χ0n) is 7.15. The molecule has 0 radical (unpaired) electrons. The van der Waals surface area contributed by atoms with Crippen LogP contribution in [0, 0.1) is 0 Å². The van der Waals surface area contributed by atoms with E-state index >= 15 is 0 Å². The number of hydrogen-bond acceptors (Lipinski definition) is 3. The Bertz CT molecular complexity index is 315. The van der Waals surface area contributed by atoms with Crippen molar-refractivity contribution in [3.05, 3.63) is 0 Å². The highest BCUT2D eigenvalue weighted by atomic mass is 32.2. The Kier molecular flexibility index (Phi) is 2.78. The van der Waals surface area contributed by atoms with Gasteiger partial charge in [0.1, 0.15) is 6.23 Å². The smallest absolute Gasteiger partial charge is 0.348 e. The van der Waals surface area contributed by atoms with Gasteiger partial charge in [0.2, 0.25) is 0 Å². The third-order valence-electron chi connectivity index (χ3n) is 1.80. The van der Waals surface area contributed by atoms with Gasteiger partial charge < -0.3 is 4.74 Å². The number of nitrogens with zero attached hydrogens (tertiary/aromatic N) is 1. The molecule has 0 aromatic heterocycles. The Labute approximate surface area is 78.8 Å². The molecule has 9 heteroatoms. The molecule has 84 valence electrons. The minimum absolute atomic E-state index is 0.463. The second-order valence-corrected chi connectivity index (χ2v) is 4.38. The van der Waals surface area contributed by atoms with Crippen LogP contribution in [0.5, 0.6) is 0 Å². The largest absolute Gasteiger partial charge is 0.416 e. The second-order valence-electron chi connectivity index (χ2n) is 2.88. The van der Waals surface area contributed by atoms with Gasteiger partial charge in [-0.3, -0.25) is 0 Å². The maximum Gasteiger partial charge on any atom is 0.416 e. The van der Waals surface area contributed by atoms with Crippen LogP contribution in [0.25, 0.3) is 0 Å². The van der Waals surface area contributed by atoms with Crippen molar-refractivity contribution in [2.75, 3.05) is 6.54 Å². The van der Waals surface area contributed by atoms with Gasteiger partial charge in [0.25, 0.3) is 10.2 Å². The summed E-state index contributed by atoms with van der Waals surface area (Å²) in [6.07, 6.45) is -7.86. The molecule has 1 heterocycles. The van der Waals surface area contributed by atoms with Crippen LogP contribution in [0.3, 0.4) is 0 Å². The quantitative estimate of drug-likeness (QED) is 0.682. The monoisotopic (exact) mass is 234 g/mol. The summed E-state index contributed by atoms with van der Waals surface area (Å²) in [5.41, 5.74) is 0. The standard InChI is InChI=1S/C5H9F3N2O3S/c1-3-10(14(9,11)12)2-4(13-3)5(6,7)8/h3-4H,2H2,1H3,(H2,9,11,12)/t3?,4-/m0/s1. The first-order chi connectivity index (χ1) is 6.12. The van der Waals surface area contributed by atoms with Gasteiger partial charge in [-0.25, -0.2) is 5.14 Å². The van der Waals surface area contributed by atoms with Crippen molar-refractivity contribution in [1.82, 2.24) is 4.31 Å². The fourth-order valence-corrected chi connectivity index (χ4v) is 1.96. The lowest BCUT2D eigenvalue weighted by Gasteiger charge is -2.14. The van der Waals surface area contributed by atoms with Gasteiger partial charge in [-0.05, 0) is 6.92 Å². The topological polar surface area (TPSA) is 72.6 Å². The fraction of sp³-hybridized carbons (Fsp3) is 1.00. The minimum atomic E-state index is -4.58. The van der Waals surface area contributed by atoms with E-state index in [1.807, 2.05) is 0 Å². The molecule has 0 aliphatic carbocycles. The molecule has 0 saturated carbocycles. The molecule has 2 N–H and O–H groups in total. The highest BCUT2D eigenvalue weighted by molar-refractivity contribution is 7.86. The maximum atomic E-state index is 12.1. The van der Waals surface area contributed by atoms with Gasteiger partial charge in [0, 0.05) is 0 Å². The lowest BCUT2D eigenvalue weighted by molar-refractivity contribution is -0.210. The van der Waals surface area contributed by atoms with Crippen molar-refractivity contribution in [1.29, 1.82) is 0 Å².